The third-order valence-corrected chi connectivity index (χ3v) is 4.54. The summed E-state index contributed by atoms with van der Waals surface area (Å²) < 4.78 is 7.42. The Labute approximate surface area is 126 Å². The van der Waals surface area contributed by atoms with E-state index in [0.29, 0.717) is 16.6 Å². The number of hydrogen-bond donors (Lipinski definition) is 1. The van der Waals surface area contributed by atoms with Crippen molar-refractivity contribution in [2.24, 2.45) is 5.92 Å². The average Bonchev–Trinajstić information content (AvgIpc) is 2.82. The summed E-state index contributed by atoms with van der Waals surface area (Å²) in [4.78, 5) is 0. The molecule has 0 saturated heterocycles. The van der Waals surface area contributed by atoms with Crippen LogP contribution >= 0.6 is 11.6 Å². The fraction of sp³-hybridized carbons (Fsp3) is 0.800. The maximum absolute atomic E-state index is 10.7. The zero-order valence-corrected chi connectivity index (χ0v) is 13.1. The van der Waals surface area contributed by atoms with Gasteiger partial charge in [-0.05, 0) is 25.2 Å². The first-order valence-electron chi connectivity index (χ1n) is 7.61. The molecule has 1 aliphatic carbocycles. The van der Waals surface area contributed by atoms with E-state index >= 15 is 0 Å². The van der Waals surface area contributed by atoms with Gasteiger partial charge in [-0.15, -0.1) is 0 Å². The third-order valence-electron chi connectivity index (χ3n) is 4.25. The van der Waals surface area contributed by atoms with Gasteiger partial charge in [0.1, 0.15) is 6.10 Å². The van der Waals surface area contributed by atoms with Gasteiger partial charge in [-0.2, -0.15) is 5.10 Å². The summed E-state index contributed by atoms with van der Waals surface area (Å²) in [7, 11) is 1.68. The fourth-order valence-electron chi connectivity index (χ4n) is 3.25. The second kappa shape index (κ2) is 7.43. The van der Waals surface area contributed by atoms with Gasteiger partial charge in [0, 0.05) is 13.7 Å². The molecule has 2 atom stereocenters. The van der Waals surface area contributed by atoms with Gasteiger partial charge >= 0.3 is 0 Å². The Morgan fingerprint density at radius 3 is 2.75 bits per heavy atom. The highest BCUT2D eigenvalue weighted by molar-refractivity contribution is 6.31. The van der Waals surface area contributed by atoms with Crippen molar-refractivity contribution in [2.75, 3.05) is 7.11 Å². The molecule has 0 bridgehead atoms. The summed E-state index contributed by atoms with van der Waals surface area (Å²) in [5.74, 6) is 0.407. The summed E-state index contributed by atoms with van der Waals surface area (Å²) in [5.41, 5.74) is 0.700. The number of nitrogens with zero attached hydrogens (tertiary/aromatic N) is 2. The number of aryl methyl sites for hydroxylation is 1. The van der Waals surface area contributed by atoms with Gasteiger partial charge in [-0.1, -0.05) is 37.8 Å². The summed E-state index contributed by atoms with van der Waals surface area (Å²) in [6, 6.07) is 0. The molecule has 1 saturated carbocycles. The minimum absolute atomic E-state index is 0.194. The lowest BCUT2D eigenvalue weighted by atomic mass is 9.82. The predicted octanol–water partition coefficient (Wildman–Crippen LogP) is 3.58. The molecule has 114 valence electrons. The van der Waals surface area contributed by atoms with E-state index in [1.807, 2.05) is 4.68 Å². The number of methoxy groups -OCH3 is 1. The second-order valence-corrected chi connectivity index (χ2v) is 6.05. The van der Waals surface area contributed by atoms with Crippen LogP contribution in [0.25, 0.3) is 0 Å². The molecule has 1 aliphatic rings. The van der Waals surface area contributed by atoms with E-state index in [0.717, 1.165) is 25.8 Å². The SMILES string of the molecule is CCCn1ncc(Cl)c1C(O)C(OC)C1CCCCC1. The molecule has 4 nitrogen and oxygen atoms in total. The molecule has 1 heterocycles. The van der Waals surface area contributed by atoms with Gasteiger partial charge in [0.2, 0.25) is 0 Å². The van der Waals surface area contributed by atoms with Crippen LogP contribution in [0.15, 0.2) is 6.20 Å². The van der Waals surface area contributed by atoms with E-state index in [1.54, 1.807) is 13.3 Å². The van der Waals surface area contributed by atoms with Crippen molar-refractivity contribution in [1.29, 1.82) is 0 Å². The standard InChI is InChI=1S/C15H25ClN2O2/c1-3-9-18-13(12(16)10-17-18)14(19)15(20-2)11-7-5-4-6-8-11/h10-11,14-15,19H,3-9H2,1-2H3. The molecule has 0 radical (unpaired) electrons. The Balaban J connectivity index is 2.18. The minimum Gasteiger partial charge on any atom is -0.384 e. The lowest BCUT2D eigenvalue weighted by Crippen LogP contribution is -2.32. The van der Waals surface area contributed by atoms with Gasteiger partial charge in [-0.3, -0.25) is 4.68 Å². The first-order valence-corrected chi connectivity index (χ1v) is 7.98. The van der Waals surface area contributed by atoms with E-state index in [4.69, 9.17) is 16.3 Å². The van der Waals surface area contributed by atoms with Gasteiger partial charge in [-0.25, -0.2) is 0 Å². The van der Waals surface area contributed by atoms with Crippen LogP contribution in [0.2, 0.25) is 5.02 Å². The Kier molecular flexibility index (Phi) is 5.87. The van der Waals surface area contributed by atoms with Crippen LogP contribution < -0.4 is 0 Å². The summed E-state index contributed by atoms with van der Waals surface area (Å²) in [6.45, 7) is 2.85. The normalized spacial score (nSPS) is 20.0. The van der Waals surface area contributed by atoms with Gasteiger partial charge in [0.15, 0.2) is 0 Å². The maximum atomic E-state index is 10.7. The number of ether oxygens (including phenoxy) is 1. The van der Waals surface area contributed by atoms with Gasteiger partial charge in [0.05, 0.1) is 23.0 Å². The van der Waals surface area contributed by atoms with Crippen LogP contribution in [-0.2, 0) is 11.3 Å². The quantitative estimate of drug-likeness (QED) is 0.873. The summed E-state index contributed by atoms with van der Waals surface area (Å²) in [5, 5.41) is 15.5. The molecule has 0 amide bonds. The number of aliphatic hydroxyl groups is 1. The van der Waals surface area contributed by atoms with Crippen LogP contribution in [0, 0.1) is 5.92 Å². The van der Waals surface area contributed by atoms with Crippen LogP contribution in [-0.4, -0.2) is 28.1 Å². The van der Waals surface area contributed by atoms with Gasteiger partial charge in [0.25, 0.3) is 0 Å². The van der Waals surface area contributed by atoms with E-state index < -0.39 is 6.10 Å². The van der Waals surface area contributed by atoms with Crippen LogP contribution in [0.4, 0.5) is 0 Å². The van der Waals surface area contributed by atoms with Crippen molar-refractivity contribution in [2.45, 2.75) is 64.2 Å². The number of halogens is 1. The first kappa shape index (κ1) is 15.8. The molecule has 0 aromatic carbocycles. The second-order valence-electron chi connectivity index (χ2n) is 5.64. The highest BCUT2D eigenvalue weighted by atomic mass is 35.5. The van der Waals surface area contributed by atoms with E-state index in [1.165, 1.54) is 19.3 Å². The largest absolute Gasteiger partial charge is 0.384 e. The topological polar surface area (TPSA) is 47.3 Å². The molecule has 1 aromatic heterocycles. The molecule has 1 fully saturated rings. The van der Waals surface area contributed by atoms with Crippen molar-refractivity contribution in [3.63, 3.8) is 0 Å². The van der Waals surface area contributed by atoms with Crippen LogP contribution in [0.1, 0.15) is 57.2 Å². The predicted molar refractivity (Wildman–Crippen MR) is 79.9 cm³/mol. The van der Waals surface area contributed by atoms with Crippen LogP contribution in [0.5, 0.6) is 0 Å². The molecule has 2 unspecified atom stereocenters. The Bertz CT molecular complexity index is 416. The number of aromatic nitrogens is 2. The maximum Gasteiger partial charge on any atom is 0.123 e. The molecule has 0 aliphatic heterocycles. The molecular formula is C15H25ClN2O2. The van der Waals surface area contributed by atoms with Crippen molar-refractivity contribution >= 4 is 11.6 Å². The Morgan fingerprint density at radius 1 is 1.45 bits per heavy atom. The van der Waals surface area contributed by atoms with Crippen molar-refractivity contribution in [3.8, 4) is 0 Å². The molecule has 1 N–H and O–H groups in total. The number of aliphatic hydroxyl groups excluding tert-OH is 1. The Morgan fingerprint density at radius 2 is 2.15 bits per heavy atom. The highest BCUT2D eigenvalue weighted by Gasteiger charge is 2.33. The molecule has 5 heteroatoms. The monoisotopic (exact) mass is 300 g/mol. The molecule has 2 rings (SSSR count). The molecule has 0 spiro atoms. The van der Waals surface area contributed by atoms with Crippen molar-refractivity contribution < 1.29 is 9.84 Å². The molecule has 20 heavy (non-hydrogen) atoms. The van der Waals surface area contributed by atoms with Crippen LogP contribution in [0.3, 0.4) is 0 Å². The highest BCUT2D eigenvalue weighted by Crippen LogP contribution is 2.36. The molecular weight excluding hydrogens is 276 g/mol. The zero-order chi connectivity index (χ0) is 14.5. The minimum atomic E-state index is -0.704. The summed E-state index contributed by atoms with van der Waals surface area (Å²) in [6.07, 6.45) is 7.65. The zero-order valence-electron chi connectivity index (χ0n) is 12.4. The van der Waals surface area contributed by atoms with E-state index in [-0.39, 0.29) is 6.10 Å². The van der Waals surface area contributed by atoms with E-state index in [9.17, 15) is 5.11 Å². The smallest absolute Gasteiger partial charge is 0.123 e. The molecule has 1 aromatic rings. The lowest BCUT2D eigenvalue weighted by Gasteiger charge is -2.32. The third kappa shape index (κ3) is 3.35. The average molecular weight is 301 g/mol. The summed E-state index contributed by atoms with van der Waals surface area (Å²) >= 11 is 6.22. The Hall–Kier alpha value is -0.580. The van der Waals surface area contributed by atoms with Crippen molar-refractivity contribution in [3.05, 3.63) is 16.9 Å². The van der Waals surface area contributed by atoms with E-state index in [2.05, 4.69) is 12.0 Å². The lowest BCUT2D eigenvalue weighted by molar-refractivity contribution is -0.0591. The number of hydrogen-bond acceptors (Lipinski definition) is 3. The fourth-order valence-corrected chi connectivity index (χ4v) is 3.51. The number of rotatable bonds is 6. The first-order chi connectivity index (χ1) is 9.69. The van der Waals surface area contributed by atoms with Crippen molar-refractivity contribution in [1.82, 2.24) is 9.78 Å². The van der Waals surface area contributed by atoms with Gasteiger partial charge < -0.3 is 9.84 Å².